The van der Waals surface area contributed by atoms with E-state index in [0.29, 0.717) is 17.5 Å². The smallest absolute Gasteiger partial charge is 0.330 e. The number of phenolic OH excluding ortho intramolecular Hbond substituents is 3. The third-order valence-electron chi connectivity index (χ3n) is 5.39. The van der Waals surface area contributed by atoms with Crippen LogP contribution in [0.5, 0.6) is 23.0 Å². The standard InChI is InChI=1S/C24H28O11/c1-32-18-11-13(3-6-16(18)26)4-7-20(28)34-12-19-21(29)22(30)23(31)24(35-19)33-9-8-14-2-5-15(25)17(27)10-14/h2-7,10-11,19,21-27,29-31H,8-9,12H2,1H3/b7-4+/t19-,21-,22+,23-,24-/m1/s1. The molecule has 1 saturated heterocycles. The van der Waals surface area contributed by atoms with Gasteiger partial charge in [-0.15, -0.1) is 0 Å². The number of aliphatic hydroxyl groups is 3. The maximum Gasteiger partial charge on any atom is 0.330 e. The number of hydrogen-bond donors (Lipinski definition) is 6. The third kappa shape index (κ3) is 6.84. The van der Waals surface area contributed by atoms with Crippen LogP contribution in [-0.2, 0) is 25.4 Å². The van der Waals surface area contributed by atoms with Crippen molar-refractivity contribution in [3.05, 3.63) is 53.6 Å². The number of methoxy groups -OCH3 is 1. The number of phenols is 3. The van der Waals surface area contributed by atoms with Crippen molar-refractivity contribution in [3.8, 4) is 23.0 Å². The lowest BCUT2D eigenvalue weighted by Crippen LogP contribution is -2.59. The molecular weight excluding hydrogens is 464 g/mol. The van der Waals surface area contributed by atoms with E-state index in [-0.39, 0.29) is 29.6 Å². The van der Waals surface area contributed by atoms with Crippen LogP contribution >= 0.6 is 0 Å². The van der Waals surface area contributed by atoms with Crippen LogP contribution in [0.3, 0.4) is 0 Å². The van der Waals surface area contributed by atoms with E-state index in [1.165, 1.54) is 37.5 Å². The summed E-state index contributed by atoms with van der Waals surface area (Å²) in [4.78, 5) is 12.1. The second-order valence-corrected chi connectivity index (χ2v) is 7.85. The zero-order valence-corrected chi connectivity index (χ0v) is 18.9. The first-order valence-corrected chi connectivity index (χ1v) is 10.7. The molecule has 0 unspecified atom stereocenters. The summed E-state index contributed by atoms with van der Waals surface area (Å²) in [6, 6.07) is 8.76. The van der Waals surface area contributed by atoms with Gasteiger partial charge in [-0.2, -0.15) is 0 Å². The molecule has 0 bridgehead atoms. The zero-order valence-electron chi connectivity index (χ0n) is 18.9. The highest BCUT2D eigenvalue weighted by Gasteiger charge is 2.44. The predicted octanol–water partition coefficient (Wildman–Crippen LogP) is 0.435. The SMILES string of the molecule is COc1cc(/C=C/C(=O)OC[C@H]2O[C@@H](OCCc3ccc(O)c(O)c3)[C@H](O)[C@@H](O)[C@@H]2O)ccc1O. The monoisotopic (exact) mass is 492 g/mol. The molecule has 6 N–H and O–H groups in total. The van der Waals surface area contributed by atoms with Gasteiger partial charge in [0.25, 0.3) is 0 Å². The number of hydrogen-bond acceptors (Lipinski definition) is 11. The largest absolute Gasteiger partial charge is 0.504 e. The molecule has 0 radical (unpaired) electrons. The molecule has 190 valence electrons. The molecule has 1 aliphatic heterocycles. The number of carbonyl (C=O) groups is 1. The Morgan fingerprint density at radius 1 is 0.971 bits per heavy atom. The molecule has 3 rings (SSSR count). The molecule has 11 nitrogen and oxygen atoms in total. The van der Waals surface area contributed by atoms with Gasteiger partial charge in [0.1, 0.15) is 31.0 Å². The van der Waals surface area contributed by atoms with E-state index >= 15 is 0 Å². The molecule has 11 heteroatoms. The summed E-state index contributed by atoms with van der Waals surface area (Å²) in [5, 5.41) is 59.1. The lowest BCUT2D eigenvalue weighted by atomic mass is 9.99. The molecule has 0 amide bonds. The minimum atomic E-state index is -1.60. The van der Waals surface area contributed by atoms with Crippen molar-refractivity contribution in [2.45, 2.75) is 37.1 Å². The minimum absolute atomic E-state index is 0.0279. The van der Waals surface area contributed by atoms with E-state index in [1.807, 2.05) is 0 Å². The zero-order chi connectivity index (χ0) is 25.5. The van der Waals surface area contributed by atoms with Crippen molar-refractivity contribution in [2.24, 2.45) is 0 Å². The fraction of sp³-hybridized carbons (Fsp3) is 0.375. The van der Waals surface area contributed by atoms with Crippen molar-refractivity contribution in [2.75, 3.05) is 20.3 Å². The summed E-state index contributed by atoms with van der Waals surface area (Å²) < 4.78 is 21.1. The summed E-state index contributed by atoms with van der Waals surface area (Å²) in [7, 11) is 1.40. The first-order chi connectivity index (χ1) is 16.7. The van der Waals surface area contributed by atoms with Crippen LogP contribution in [0.1, 0.15) is 11.1 Å². The van der Waals surface area contributed by atoms with E-state index in [2.05, 4.69) is 0 Å². The number of aromatic hydroxyl groups is 3. The molecule has 1 heterocycles. The fourth-order valence-corrected chi connectivity index (χ4v) is 3.38. The molecule has 1 aliphatic rings. The topological polar surface area (TPSA) is 175 Å². The minimum Gasteiger partial charge on any atom is -0.504 e. The van der Waals surface area contributed by atoms with Crippen molar-refractivity contribution in [3.63, 3.8) is 0 Å². The first-order valence-electron chi connectivity index (χ1n) is 10.7. The second kappa shape index (κ2) is 11.9. The molecule has 0 aliphatic carbocycles. The van der Waals surface area contributed by atoms with Crippen LogP contribution in [0.4, 0.5) is 0 Å². The quantitative estimate of drug-likeness (QED) is 0.163. The van der Waals surface area contributed by atoms with Crippen molar-refractivity contribution in [1.82, 2.24) is 0 Å². The average Bonchev–Trinajstić information content (AvgIpc) is 2.84. The number of rotatable bonds is 9. The van der Waals surface area contributed by atoms with Crippen LogP contribution < -0.4 is 4.74 Å². The van der Waals surface area contributed by atoms with Gasteiger partial charge in [-0.3, -0.25) is 0 Å². The Hall–Kier alpha value is -3.35. The lowest BCUT2D eigenvalue weighted by molar-refractivity contribution is -0.301. The Bertz CT molecular complexity index is 1040. The van der Waals surface area contributed by atoms with Gasteiger partial charge >= 0.3 is 5.97 Å². The number of carbonyl (C=O) groups excluding carboxylic acids is 1. The van der Waals surface area contributed by atoms with Crippen LogP contribution in [0.25, 0.3) is 6.08 Å². The highest BCUT2D eigenvalue weighted by Crippen LogP contribution is 2.27. The first kappa shape index (κ1) is 26.3. The Kier molecular flexibility index (Phi) is 8.90. The van der Waals surface area contributed by atoms with Gasteiger partial charge in [0.2, 0.25) is 0 Å². The highest BCUT2D eigenvalue weighted by molar-refractivity contribution is 5.87. The average molecular weight is 492 g/mol. The predicted molar refractivity (Wildman–Crippen MR) is 121 cm³/mol. The van der Waals surface area contributed by atoms with Gasteiger partial charge < -0.3 is 49.6 Å². The molecular formula is C24H28O11. The molecule has 0 spiro atoms. The highest BCUT2D eigenvalue weighted by atomic mass is 16.7. The van der Waals surface area contributed by atoms with E-state index in [9.17, 15) is 35.4 Å². The number of benzene rings is 2. The summed E-state index contributed by atoms with van der Waals surface area (Å²) in [6.45, 7) is -0.390. The van der Waals surface area contributed by atoms with Crippen LogP contribution in [0.2, 0.25) is 0 Å². The van der Waals surface area contributed by atoms with Crippen molar-refractivity contribution >= 4 is 12.0 Å². The number of ether oxygens (including phenoxy) is 4. The molecule has 1 fully saturated rings. The fourth-order valence-electron chi connectivity index (χ4n) is 3.38. The molecule has 2 aromatic carbocycles. The van der Waals surface area contributed by atoms with E-state index in [0.717, 1.165) is 6.08 Å². The Balaban J connectivity index is 1.52. The van der Waals surface area contributed by atoms with Gasteiger partial charge in [-0.1, -0.05) is 12.1 Å². The van der Waals surface area contributed by atoms with E-state index in [1.54, 1.807) is 12.1 Å². The molecule has 0 saturated carbocycles. The molecule has 35 heavy (non-hydrogen) atoms. The molecule has 5 atom stereocenters. The van der Waals surface area contributed by atoms with E-state index in [4.69, 9.17) is 18.9 Å². The molecule has 0 aromatic heterocycles. The second-order valence-electron chi connectivity index (χ2n) is 7.85. The van der Waals surface area contributed by atoms with Crippen LogP contribution in [0, 0.1) is 0 Å². The lowest BCUT2D eigenvalue weighted by Gasteiger charge is -2.39. The van der Waals surface area contributed by atoms with Gasteiger partial charge in [-0.05, 0) is 47.9 Å². The number of esters is 1. The van der Waals surface area contributed by atoms with Crippen LogP contribution in [-0.4, -0.2) is 87.6 Å². The summed E-state index contributed by atoms with van der Waals surface area (Å²) in [6.07, 6.45) is -4.28. The van der Waals surface area contributed by atoms with Gasteiger partial charge in [0, 0.05) is 6.08 Å². The van der Waals surface area contributed by atoms with Crippen molar-refractivity contribution in [1.29, 1.82) is 0 Å². The van der Waals surface area contributed by atoms with Gasteiger partial charge in [0.15, 0.2) is 29.3 Å². The number of aliphatic hydroxyl groups excluding tert-OH is 3. The normalized spacial score (nSPS) is 24.4. The van der Waals surface area contributed by atoms with Crippen molar-refractivity contribution < 1.29 is 54.4 Å². The van der Waals surface area contributed by atoms with Crippen LogP contribution in [0.15, 0.2) is 42.5 Å². The third-order valence-corrected chi connectivity index (χ3v) is 5.39. The Labute approximate surface area is 201 Å². The summed E-state index contributed by atoms with van der Waals surface area (Å²) in [5.74, 6) is -1.10. The Morgan fingerprint density at radius 2 is 1.71 bits per heavy atom. The summed E-state index contributed by atoms with van der Waals surface area (Å²) in [5.41, 5.74) is 1.22. The maximum absolute atomic E-state index is 12.1. The Morgan fingerprint density at radius 3 is 2.43 bits per heavy atom. The maximum atomic E-state index is 12.1. The molecule has 2 aromatic rings. The summed E-state index contributed by atoms with van der Waals surface area (Å²) >= 11 is 0. The van der Waals surface area contributed by atoms with Gasteiger partial charge in [-0.25, -0.2) is 4.79 Å². The van der Waals surface area contributed by atoms with Gasteiger partial charge in [0.05, 0.1) is 13.7 Å². The van der Waals surface area contributed by atoms with E-state index < -0.39 is 43.3 Å².